The summed E-state index contributed by atoms with van der Waals surface area (Å²) in [5, 5.41) is -0.516. The molecular weight excluding hydrogens is 359 g/mol. The molecule has 3 nitrogen and oxygen atoms in total. The van der Waals surface area contributed by atoms with Gasteiger partial charge in [-0.25, -0.2) is 9.18 Å². The number of aryl methyl sites for hydroxylation is 1. The Hall–Kier alpha value is -1.59. The van der Waals surface area contributed by atoms with Crippen LogP contribution in [0.15, 0.2) is 39.6 Å². The fourth-order valence-corrected chi connectivity index (χ4v) is 3.44. The van der Waals surface area contributed by atoms with Crippen LogP contribution in [0.5, 0.6) is 0 Å². The molecule has 21 heavy (non-hydrogen) atoms. The summed E-state index contributed by atoms with van der Waals surface area (Å²) in [5.41, 5.74) is 3.46. The lowest BCUT2D eigenvalue weighted by molar-refractivity contribution is 0.625. The smallest absolute Gasteiger partial charge is 0.306 e. The van der Waals surface area contributed by atoms with Crippen LogP contribution >= 0.6 is 27.5 Å². The maximum atomic E-state index is 13.5. The van der Waals surface area contributed by atoms with E-state index in [-0.39, 0.29) is 11.5 Å². The van der Waals surface area contributed by atoms with Crippen LogP contribution in [0.4, 0.5) is 4.39 Å². The van der Waals surface area contributed by atoms with Crippen molar-refractivity contribution in [2.24, 2.45) is 0 Å². The second-order valence-electron chi connectivity index (χ2n) is 4.86. The van der Waals surface area contributed by atoms with E-state index in [1.165, 1.54) is 12.1 Å². The molecular formula is C15H11BrClFN2O. The molecule has 0 fully saturated rings. The number of hydrogen-bond donors (Lipinski definition) is 2. The Kier molecular flexibility index (Phi) is 3.63. The fourth-order valence-electron chi connectivity index (χ4n) is 2.32. The van der Waals surface area contributed by atoms with Gasteiger partial charge < -0.3 is 9.97 Å². The Bertz CT molecular complexity index is 887. The molecule has 1 aromatic heterocycles. The molecule has 0 radical (unpaired) electrons. The zero-order chi connectivity index (χ0) is 15.1. The number of hydrogen-bond acceptors (Lipinski definition) is 1. The lowest BCUT2D eigenvalue weighted by atomic mass is 9.99. The monoisotopic (exact) mass is 368 g/mol. The van der Waals surface area contributed by atoms with Crippen molar-refractivity contribution in [1.29, 1.82) is 0 Å². The standard InChI is InChI=1S/C15H11BrClFN2O/c1-7-2-3-8(18)4-9(7)14(17)10-5-12-13(6-11(10)16)20-15(21)19-12/h2-6,14H,1H3,(H2,19,20,21). The number of rotatable bonds is 2. The Labute approximate surface area is 133 Å². The number of fused-ring (bicyclic) bond motifs is 1. The predicted octanol–water partition coefficient (Wildman–Crippen LogP) is 4.39. The van der Waals surface area contributed by atoms with E-state index in [1.54, 1.807) is 18.2 Å². The molecule has 0 amide bonds. The van der Waals surface area contributed by atoms with Gasteiger partial charge in [0.05, 0.1) is 16.4 Å². The highest BCUT2D eigenvalue weighted by atomic mass is 79.9. The summed E-state index contributed by atoms with van der Waals surface area (Å²) in [6.45, 7) is 1.88. The Morgan fingerprint density at radius 2 is 1.81 bits per heavy atom. The number of aromatic amines is 2. The minimum atomic E-state index is -0.516. The Morgan fingerprint density at radius 1 is 1.14 bits per heavy atom. The minimum Gasteiger partial charge on any atom is -0.306 e. The zero-order valence-electron chi connectivity index (χ0n) is 11.0. The molecule has 3 rings (SSSR count). The van der Waals surface area contributed by atoms with E-state index >= 15 is 0 Å². The van der Waals surface area contributed by atoms with Crippen molar-refractivity contribution < 1.29 is 4.39 Å². The van der Waals surface area contributed by atoms with E-state index in [2.05, 4.69) is 25.9 Å². The summed E-state index contributed by atoms with van der Waals surface area (Å²) in [6.07, 6.45) is 0. The van der Waals surface area contributed by atoms with Gasteiger partial charge in [-0.3, -0.25) is 0 Å². The summed E-state index contributed by atoms with van der Waals surface area (Å²) in [7, 11) is 0. The topological polar surface area (TPSA) is 48.6 Å². The van der Waals surface area contributed by atoms with Gasteiger partial charge in [0.25, 0.3) is 0 Å². The maximum absolute atomic E-state index is 13.5. The molecule has 1 unspecified atom stereocenters. The number of halogens is 3. The number of nitrogens with one attached hydrogen (secondary N) is 2. The zero-order valence-corrected chi connectivity index (χ0v) is 13.3. The van der Waals surface area contributed by atoms with E-state index in [1.807, 2.05) is 6.92 Å². The molecule has 0 spiro atoms. The summed E-state index contributed by atoms with van der Waals surface area (Å²) in [4.78, 5) is 16.7. The van der Waals surface area contributed by atoms with Crippen LogP contribution < -0.4 is 5.69 Å². The molecule has 0 saturated heterocycles. The second kappa shape index (κ2) is 5.31. The number of aromatic nitrogens is 2. The third-order valence-corrected chi connectivity index (χ3v) is 4.58. The summed E-state index contributed by atoms with van der Waals surface area (Å²) in [6, 6.07) is 8.12. The van der Waals surface area contributed by atoms with Crippen LogP contribution in [-0.4, -0.2) is 9.97 Å². The highest BCUT2D eigenvalue weighted by Gasteiger charge is 2.18. The van der Waals surface area contributed by atoms with E-state index in [0.29, 0.717) is 16.6 Å². The molecule has 6 heteroatoms. The van der Waals surface area contributed by atoms with Crippen LogP contribution in [0.1, 0.15) is 22.1 Å². The Balaban J connectivity index is 2.16. The molecule has 0 aliphatic heterocycles. The van der Waals surface area contributed by atoms with Crippen molar-refractivity contribution >= 4 is 38.6 Å². The molecule has 0 aliphatic carbocycles. The lowest BCUT2D eigenvalue weighted by Gasteiger charge is -2.15. The normalized spacial score (nSPS) is 12.8. The minimum absolute atomic E-state index is 0.276. The van der Waals surface area contributed by atoms with Crippen molar-refractivity contribution in [3.05, 3.63) is 67.8 Å². The molecule has 3 aromatic rings. The Morgan fingerprint density at radius 3 is 2.52 bits per heavy atom. The van der Waals surface area contributed by atoms with E-state index < -0.39 is 5.38 Å². The van der Waals surface area contributed by atoms with Gasteiger partial charge >= 0.3 is 5.69 Å². The number of H-pyrrole nitrogens is 2. The number of imidazole rings is 1. The van der Waals surface area contributed by atoms with Gasteiger partial charge in [0.1, 0.15) is 5.82 Å². The molecule has 2 aromatic carbocycles. The number of alkyl halides is 1. The quantitative estimate of drug-likeness (QED) is 0.647. The summed E-state index contributed by atoms with van der Waals surface area (Å²) >= 11 is 9.98. The van der Waals surface area contributed by atoms with E-state index in [9.17, 15) is 9.18 Å². The van der Waals surface area contributed by atoms with Crippen molar-refractivity contribution in [2.45, 2.75) is 12.3 Å². The first-order chi connectivity index (χ1) is 9.95. The van der Waals surface area contributed by atoms with Gasteiger partial charge in [-0.15, -0.1) is 11.6 Å². The van der Waals surface area contributed by atoms with Crippen molar-refractivity contribution in [1.82, 2.24) is 9.97 Å². The average Bonchev–Trinajstić information content (AvgIpc) is 2.79. The maximum Gasteiger partial charge on any atom is 0.323 e. The van der Waals surface area contributed by atoms with Crippen LogP contribution in [-0.2, 0) is 0 Å². The van der Waals surface area contributed by atoms with Gasteiger partial charge in [0, 0.05) is 4.47 Å². The first kappa shape index (κ1) is 14.4. The highest BCUT2D eigenvalue weighted by Crippen LogP contribution is 2.37. The van der Waals surface area contributed by atoms with Gasteiger partial charge in [0.2, 0.25) is 0 Å². The van der Waals surface area contributed by atoms with Crippen molar-refractivity contribution in [3.63, 3.8) is 0 Å². The molecule has 0 bridgehead atoms. The van der Waals surface area contributed by atoms with Gasteiger partial charge in [-0.2, -0.15) is 0 Å². The lowest BCUT2D eigenvalue weighted by Crippen LogP contribution is -1.99. The molecule has 0 saturated carbocycles. The van der Waals surface area contributed by atoms with Gasteiger partial charge in [-0.05, 0) is 47.9 Å². The molecule has 108 valence electrons. The van der Waals surface area contributed by atoms with E-state index in [4.69, 9.17) is 11.6 Å². The predicted molar refractivity (Wildman–Crippen MR) is 85.5 cm³/mol. The third kappa shape index (κ3) is 2.63. The average molecular weight is 370 g/mol. The molecule has 1 atom stereocenters. The summed E-state index contributed by atoms with van der Waals surface area (Å²) < 4.78 is 14.2. The first-order valence-electron chi connectivity index (χ1n) is 6.27. The van der Waals surface area contributed by atoms with Crippen molar-refractivity contribution in [2.75, 3.05) is 0 Å². The van der Waals surface area contributed by atoms with Crippen molar-refractivity contribution in [3.8, 4) is 0 Å². The third-order valence-electron chi connectivity index (χ3n) is 3.42. The van der Waals surface area contributed by atoms with Gasteiger partial charge in [0.15, 0.2) is 0 Å². The van der Waals surface area contributed by atoms with E-state index in [0.717, 1.165) is 15.6 Å². The molecule has 0 aliphatic rings. The highest BCUT2D eigenvalue weighted by molar-refractivity contribution is 9.10. The van der Waals surface area contributed by atoms with Crippen LogP contribution in [0.25, 0.3) is 11.0 Å². The van der Waals surface area contributed by atoms with Crippen LogP contribution in [0.3, 0.4) is 0 Å². The van der Waals surface area contributed by atoms with Crippen LogP contribution in [0.2, 0.25) is 0 Å². The SMILES string of the molecule is Cc1ccc(F)cc1C(Cl)c1cc2[nH]c(=O)[nH]c2cc1Br. The van der Waals surface area contributed by atoms with Gasteiger partial charge in [-0.1, -0.05) is 22.0 Å². The largest absolute Gasteiger partial charge is 0.323 e. The summed E-state index contributed by atoms with van der Waals surface area (Å²) in [5.74, 6) is -0.325. The molecule has 2 N–H and O–H groups in total. The second-order valence-corrected chi connectivity index (χ2v) is 6.15. The molecule has 1 heterocycles. The fraction of sp³-hybridized carbons (Fsp3) is 0.133. The van der Waals surface area contributed by atoms with Crippen LogP contribution in [0, 0.1) is 12.7 Å². The number of benzene rings is 2. The first-order valence-corrected chi connectivity index (χ1v) is 7.50.